The predicted molar refractivity (Wildman–Crippen MR) is 108 cm³/mol. The van der Waals surface area contributed by atoms with E-state index in [1.54, 1.807) is 13.2 Å². The number of hydrogen-bond acceptors (Lipinski definition) is 5. The molecule has 0 radical (unpaired) electrons. The van der Waals surface area contributed by atoms with Crippen LogP contribution in [0.15, 0.2) is 36.5 Å². The molecule has 0 spiro atoms. The molecular formula is C21H31N5O2. The number of nitrogens with zero attached hydrogens (tertiary/aromatic N) is 5. The number of piperidine rings is 1. The van der Waals surface area contributed by atoms with Crippen LogP contribution in [0.5, 0.6) is 0 Å². The van der Waals surface area contributed by atoms with Crippen LogP contribution < -0.4 is 0 Å². The standard InChI is InChI=1S/C21H31N5O2/c1-17(18-6-4-3-5-7-18)8-11-25-12-9-19(10-13-25)26-16-20(22-23-26)21(28)24(2)14-15-27/h3-7,16-17,19,27H,8-15H2,1-2H3/t17-/m1/s1. The lowest BCUT2D eigenvalue weighted by Crippen LogP contribution is -2.35. The number of benzene rings is 1. The molecule has 28 heavy (non-hydrogen) atoms. The van der Waals surface area contributed by atoms with E-state index in [2.05, 4.69) is 52.5 Å². The number of amides is 1. The Morgan fingerprint density at radius 2 is 2.00 bits per heavy atom. The Labute approximate surface area is 166 Å². The summed E-state index contributed by atoms with van der Waals surface area (Å²) < 4.78 is 1.84. The first-order valence-electron chi connectivity index (χ1n) is 10.1. The molecule has 0 saturated carbocycles. The van der Waals surface area contributed by atoms with Crippen molar-refractivity contribution in [3.63, 3.8) is 0 Å². The van der Waals surface area contributed by atoms with Crippen molar-refractivity contribution < 1.29 is 9.90 Å². The van der Waals surface area contributed by atoms with Crippen molar-refractivity contribution in [1.29, 1.82) is 0 Å². The molecule has 3 rings (SSSR count). The van der Waals surface area contributed by atoms with Crippen LogP contribution in [-0.2, 0) is 0 Å². The van der Waals surface area contributed by atoms with Crippen molar-refractivity contribution in [2.24, 2.45) is 0 Å². The molecule has 1 amide bonds. The van der Waals surface area contributed by atoms with Gasteiger partial charge in [0, 0.05) is 26.7 Å². The van der Waals surface area contributed by atoms with Gasteiger partial charge in [-0.25, -0.2) is 4.68 Å². The van der Waals surface area contributed by atoms with Gasteiger partial charge in [-0.3, -0.25) is 4.79 Å². The van der Waals surface area contributed by atoms with E-state index in [9.17, 15) is 4.79 Å². The van der Waals surface area contributed by atoms with Gasteiger partial charge in [0.2, 0.25) is 0 Å². The summed E-state index contributed by atoms with van der Waals surface area (Å²) >= 11 is 0. The van der Waals surface area contributed by atoms with E-state index in [-0.39, 0.29) is 12.5 Å². The monoisotopic (exact) mass is 385 g/mol. The van der Waals surface area contributed by atoms with Crippen LogP contribution in [0.4, 0.5) is 0 Å². The first kappa shape index (κ1) is 20.5. The largest absolute Gasteiger partial charge is 0.395 e. The molecule has 152 valence electrons. The molecule has 0 aliphatic carbocycles. The molecule has 7 nitrogen and oxygen atoms in total. The third-order valence-corrected chi connectivity index (χ3v) is 5.69. The Morgan fingerprint density at radius 1 is 1.29 bits per heavy atom. The van der Waals surface area contributed by atoms with E-state index in [0.29, 0.717) is 24.2 Å². The van der Waals surface area contributed by atoms with Crippen LogP contribution in [0.3, 0.4) is 0 Å². The molecule has 1 aliphatic heterocycles. The predicted octanol–water partition coefficient (Wildman–Crippen LogP) is 2.17. The fourth-order valence-corrected chi connectivity index (χ4v) is 3.73. The maximum atomic E-state index is 12.2. The van der Waals surface area contributed by atoms with Gasteiger partial charge in [0.05, 0.1) is 18.8 Å². The van der Waals surface area contributed by atoms with Gasteiger partial charge >= 0.3 is 0 Å². The third kappa shape index (κ3) is 5.17. The summed E-state index contributed by atoms with van der Waals surface area (Å²) in [4.78, 5) is 16.2. The Morgan fingerprint density at radius 3 is 2.68 bits per heavy atom. The molecule has 0 unspecified atom stereocenters. The van der Waals surface area contributed by atoms with E-state index in [1.807, 2.05) is 4.68 Å². The molecule has 1 aromatic carbocycles. The number of hydrogen-bond donors (Lipinski definition) is 1. The van der Waals surface area contributed by atoms with Gasteiger partial charge in [-0.1, -0.05) is 42.5 Å². The van der Waals surface area contributed by atoms with E-state index < -0.39 is 0 Å². The van der Waals surface area contributed by atoms with Gasteiger partial charge in [-0.05, 0) is 37.3 Å². The number of rotatable bonds is 8. The summed E-state index contributed by atoms with van der Waals surface area (Å²) in [5.41, 5.74) is 1.75. The highest BCUT2D eigenvalue weighted by Gasteiger charge is 2.23. The summed E-state index contributed by atoms with van der Waals surface area (Å²) in [5, 5.41) is 17.2. The lowest BCUT2D eigenvalue weighted by molar-refractivity contribution is 0.0761. The maximum Gasteiger partial charge on any atom is 0.275 e. The second-order valence-corrected chi connectivity index (χ2v) is 7.71. The highest BCUT2D eigenvalue weighted by atomic mass is 16.3. The van der Waals surface area contributed by atoms with E-state index in [0.717, 1.165) is 38.9 Å². The smallest absolute Gasteiger partial charge is 0.275 e. The number of aliphatic hydroxyl groups is 1. The molecule has 0 bridgehead atoms. The Balaban J connectivity index is 1.46. The molecule has 1 N–H and O–H groups in total. The Kier molecular flexibility index (Phi) is 7.17. The molecule has 1 atom stereocenters. The average molecular weight is 386 g/mol. The summed E-state index contributed by atoms with van der Waals surface area (Å²) in [5.74, 6) is 0.367. The highest BCUT2D eigenvalue weighted by molar-refractivity contribution is 5.91. The van der Waals surface area contributed by atoms with Gasteiger partial charge < -0.3 is 14.9 Å². The third-order valence-electron chi connectivity index (χ3n) is 5.69. The fraction of sp³-hybridized carbons (Fsp3) is 0.571. The zero-order valence-corrected chi connectivity index (χ0v) is 16.9. The van der Waals surface area contributed by atoms with Crippen molar-refractivity contribution >= 4 is 5.91 Å². The van der Waals surface area contributed by atoms with E-state index in [1.165, 1.54) is 10.5 Å². The first-order valence-corrected chi connectivity index (χ1v) is 10.1. The van der Waals surface area contributed by atoms with Gasteiger partial charge in [0.1, 0.15) is 0 Å². The zero-order chi connectivity index (χ0) is 19.9. The van der Waals surface area contributed by atoms with Crippen LogP contribution >= 0.6 is 0 Å². The second-order valence-electron chi connectivity index (χ2n) is 7.71. The summed E-state index contributed by atoms with van der Waals surface area (Å²) in [6.07, 6.45) is 4.94. The van der Waals surface area contributed by atoms with Crippen LogP contribution in [0.2, 0.25) is 0 Å². The SMILES string of the molecule is C[C@H](CCN1CCC(n2cc(C(=O)N(C)CCO)nn2)CC1)c1ccccc1. The van der Waals surface area contributed by atoms with Gasteiger partial charge in [-0.15, -0.1) is 5.10 Å². The van der Waals surface area contributed by atoms with Crippen LogP contribution in [-0.4, -0.2) is 75.6 Å². The molecule has 1 aromatic heterocycles. The number of likely N-dealkylation sites (tertiary alicyclic amines) is 1. The summed E-state index contributed by atoms with van der Waals surface area (Å²) in [6.45, 7) is 5.72. The molecule has 1 aliphatic rings. The van der Waals surface area contributed by atoms with Gasteiger partial charge in [0.25, 0.3) is 5.91 Å². The quantitative estimate of drug-likeness (QED) is 0.754. The minimum Gasteiger partial charge on any atom is -0.395 e. The number of carbonyl (C=O) groups is 1. The van der Waals surface area contributed by atoms with E-state index >= 15 is 0 Å². The van der Waals surface area contributed by atoms with Gasteiger partial charge in [0.15, 0.2) is 5.69 Å². The van der Waals surface area contributed by atoms with Crippen LogP contribution in [0.1, 0.15) is 54.2 Å². The first-order chi connectivity index (χ1) is 13.6. The lowest BCUT2D eigenvalue weighted by Gasteiger charge is -2.32. The number of aromatic nitrogens is 3. The Bertz CT molecular complexity index is 740. The molecule has 1 saturated heterocycles. The normalized spacial score (nSPS) is 16.8. The topological polar surface area (TPSA) is 74.5 Å². The Hall–Kier alpha value is -2.25. The molecule has 2 heterocycles. The van der Waals surface area contributed by atoms with Crippen molar-refractivity contribution in [1.82, 2.24) is 24.8 Å². The average Bonchev–Trinajstić information content (AvgIpc) is 3.23. The molecular weight excluding hydrogens is 354 g/mol. The maximum absolute atomic E-state index is 12.2. The molecule has 1 fully saturated rings. The van der Waals surface area contributed by atoms with Crippen LogP contribution in [0.25, 0.3) is 0 Å². The zero-order valence-electron chi connectivity index (χ0n) is 16.9. The highest BCUT2D eigenvalue weighted by Crippen LogP contribution is 2.24. The van der Waals surface area contributed by atoms with Crippen molar-refractivity contribution in [2.75, 3.05) is 39.8 Å². The van der Waals surface area contributed by atoms with Crippen molar-refractivity contribution in [2.45, 2.75) is 38.1 Å². The van der Waals surface area contributed by atoms with Gasteiger partial charge in [-0.2, -0.15) is 0 Å². The minimum atomic E-state index is -0.201. The van der Waals surface area contributed by atoms with E-state index in [4.69, 9.17) is 5.11 Å². The number of likely N-dealkylation sites (N-methyl/N-ethyl adjacent to an activating group) is 1. The second kappa shape index (κ2) is 9.80. The summed E-state index contributed by atoms with van der Waals surface area (Å²) in [6, 6.07) is 11.0. The van der Waals surface area contributed by atoms with Crippen LogP contribution in [0, 0.1) is 0 Å². The molecule has 7 heteroatoms. The number of aliphatic hydroxyl groups excluding tert-OH is 1. The lowest BCUT2D eigenvalue weighted by atomic mass is 9.97. The fourth-order valence-electron chi connectivity index (χ4n) is 3.73. The van der Waals surface area contributed by atoms with Crippen molar-refractivity contribution in [3.8, 4) is 0 Å². The minimum absolute atomic E-state index is 0.0578. The summed E-state index contributed by atoms with van der Waals surface area (Å²) in [7, 11) is 1.66. The number of carbonyl (C=O) groups excluding carboxylic acids is 1. The molecule has 2 aromatic rings. The van der Waals surface area contributed by atoms with Crippen molar-refractivity contribution in [3.05, 3.63) is 47.8 Å².